The number of rotatable bonds is 4. The second-order valence-corrected chi connectivity index (χ2v) is 8.56. The van der Waals surface area contributed by atoms with E-state index in [1.54, 1.807) is 24.3 Å². The molecule has 27 heavy (non-hydrogen) atoms. The summed E-state index contributed by atoms with van der Waals surface area (Å²) in [5.74, 6) is 0.399. The molecule has 4 atom stereocenters. The van der Waals surface area contributed by atoms with Gasteiger partial charge < -0.3 is 15.5 Å². The van der Waals surface area contributed by atoms with Crippen molar-refractivity contribution in [3.05, 3.63) is 34.9 Å². The number of hydrogen-bond donors (Lipinski definition) is 2. The van der Waals surface area contributed by atoms with Crippen molar-refractivity contribution in [3.8, 4) is 0 Å². The van der Waals surface area contributed by atoms with Gasteiger partial charge in [-0.1, -0.05) is 24.4 Å². The van der Waals surface area contributed by atoms with Crippen LogP contribution in [-0.4, -0.2) is 47.9 Å². The van der Waals surface area contributed by atoms with Crippen molar-refractivity contribution < 1.29 is 9.59 Å². The molecule has 0 aromatic heterocycles. The van der Waals surface area contributed by atoms with Crippen LogP contribution in [0.4, 0.5) is 0 Å². The van der Waals surface area contributed by atoms with Crippen LogP contribution in [0.3, 0.4) is 0 Å². The second-order valence-electron chi connectivity index (χ2n) is 8.12. The van der Waals surface area contributed by atoms with Crippen LogP contribution >= 0.6 is 11.6 Å². The average molecular weight is 390 g/mol. The maximum absolute atomic E-state index is 13.3. The van der Waals surface area contributed by atoms with Gasteiger partial charge in [-0.25, -0.2) is 0 Å². The van der Waals surface area contributed by atoms with E-state index in [4.69, 9.17) is 11.6 Å². The molecule has 2 saturated heterocycles. The number of fused-ring (bicyclic) bond motifs is 1. The van der Waals surface area contributed by atoms with Crippen LogP contribution in [-0.2, 0) is 4.79 Å². The highest BCUT2D eigenvalue weighted by Gasteiger charge is 2.47. The lowest BCUT2D eigenvalue weighted by Gasteiger charge is -2.33. The van der Waals surface area contributed by atoms with Crippen molar-refractivity contribution in [2.45, 2.75) is 63.1 Å². The molecule has 1 saturated carbocycles. The molecule has 0 spiro atoms. The van der Waals surface area contributed by atoms with Crippen LogP contribution in [0.1, 0.15) is 55.3 Å². The summed E-state index contributed by atoms with van der Waals surface area (Å²) in [5, 5.41) is 7.13. The smallest absolute Gasteiger partial charge is 0.254 e. The highest BCUT2D eigenvalue weighted by molar-refractivity contribution is 6.30. The molecule has 3 aliphatic rings. The van der Waals surface area contributed by atoms with Crippen LogP contribution in [0.25, 0.3) is 0 Å². The average Bonchev–Trinajstić information content (AvgIpc) is 3.33. The number of likely N-dealkylation sites (tertiary alicyclic amines) is 1. The molecule has 1 aromatic rings. The standard InChI is InChI=1S/C21H28ClN3O2/c22-16-9-7-14(8-10-16)21(27)25-18-6-2-1-4-15(18)12-19(25)20(26)24-13-17-5-3-11-23-17/h7-10,15,17-19,23H,1-6,11-13H2,(H,24,26). The molecule has 2 amide bonds. The number of hydrogen-bond acceptors (Lipinski definition) is 3. The highest BCUT2D eigenvalue weighted by Crippen LogP contribution is 2.40. The molecule has 146 valence electrons. The predicted octanol–water partition coefficient (Wildman–Crippen LogP) is 2.98. The van der Waals surface area contributed by atoms with Gasteiger partial charge in [-0.3, -0.25) is 9.59 Å². The first-order chi connectivity index (χ1) is 13.1. The summed E-state index contributed by atoms with van der Waals surface area (Å²) >= 11 is 5.97. The lowest BCUT2D eigenvalue weighted by Crippen LogP contribution is -2.51. The van der Waals surface area contributed by atoms with E-state index in [9.17, 15) is 9.59 Å². The molecule has 4 rings (SSSR count). The van der Waals surface area contributed by atoms with Gasteiger partial charge in [0.2, 0.25) is 5.91 Å². The van der Waals surface area contributed by atoms with Crippen LogP contribution in [0.15, 0.2) is 24.3 Å². The van der Waals surface area contributed by atoms with Crippen molar-refractivity contribution in [2.24, 2.45) is 5.92 Å². The normalized spacial score (nSPS) is 30.2. The van der Waals surface area contributed by atoms with Gasteiger partial charge in [0.15, 0.2) is 0 Å². The Kier molecular flexibility index (Phi) is 5.69. The molecule has 2 heterocycles. The number of carbonyl (C=O) groups excluding carboxylic acids is 2. The number of benzene rings is 1. The molecule has 0 bridgehead atoms. The van der Waals surface area contributed by atoms with Gasteiger partial charge in [-0.15, -0.1) is 0 Å². The first kappa shape index (κ1) is 18.8. The fraction of sp³-hybridized carbons (Fsp3) is 0.619. The fourth-order valence-corrected chi connectivity index (χ4v) is 5.13. The summed E-state index contributed by atoms with van der Waals surface area (Å²) in [6, 6.07) is 7.19. The Hall–Kier alpha value is -1.59. The predicted molar refractivity (Wildman–Crippen MR) is 106 cm³/mol. The topological polar surface area (TPSA) is 61.4 Å². The monoisotopic (exact) mass is 389 g/mol. The number of halogens is 1. The summed E-state index contributed by atoms with van der Waals surface area (Å²) in [6.45, 7) is 1.67. The van der Waals surface area contributed by atoms with Crippen molar-refractivity contribution in [1.29, 1.82) is 0 Å². The zero-order chi connectivity index (χ0) is 18.8. The quantitative estimate of drug-likeness (QED) is 0.832. The van der Waals surface area contributed by atoms with E-state index in [1.165, 1.54) is 6.42 Å². The van der Waals surface area contributed by atoms with E-state index in [1.807, 2.05) is 4.90 Å². The zero-order valence-electron chi connectivity index (χ0n) is 15.6. The molecule has 2 N–H and O–H groups in total. The summed E-state index contributed by atoms with van der Waals surface area (Å²) < 4.78 is 0. The molecular weight excluding hydrogens is 362 g/mol. The molecule has 3 fully saturated rings. The lowest BCUT2D eigenvalue weighted by molar-refractivity contribution is -0.125. The summed E-state index contributed by atoms with van der Waals surface area (Å²) in [6.07, 6.45) is 7.49. The second kappa shape index (κ2) is 8.19. The summed E-state index contributed by atoms with van der Waals surface area (Å²) in [4.78, 5) is 28.2. The first-order valence-corrected chi connectivity index (χ1v) is 10.6. The molecule has 1 aliphatic carbocycles. The SMILES string of the molecule is O=C(NCC1CCCN1)C1CC2CCCCC2N1C(=O)c1ccc(Cl)cc1. The molecule has 6 heteroatoms. The Morgan fingerprint density at radius 3 is 2.63 bits per heavy atom. The molecule has 4 unspecified atom stereocenters. The molecule has 1 aromatic carbocycles. The number of nitrogens with one attached hydrogen (secondary N) is 2. The van der Waals surface area contributed by atoms with E-state index in [2.05, 4.69) is 10.6 Å². The van der Waals surface area contributed by atoms with Crippen molar-refractivity contribution >= 4 is 23.4 Å². The molecular formula is C21H28ClN3O2. The fourth-order valence-electron chi connectivity index (χ4n) is 5.00. The third kappa shape index (κ3) is 3.99. The van der Waals surface area contributed by atoms with E-state index >= 15 is 0 Å². The Balaban J connectivity index is 1.51. The number of amides is 2. The van der Waals surface area contributed by atoms with Crippen LogP contribution < -0.4 is 10.6 Å². The maximum atomic E-state index is 13.3. The van der Waals surface area contributed by atoms with Gasteiger partial charge in [0, 0.05) is 29.2 Å². The third-order valence-electron chi connectivity index (χ3n) is 6.40. The molecule has 0 radical (unpaired) electrons. The van der Waals surface area contributed by atoms with Crippen molar-refractivity contribution in [3.63, 3.8) is 0 Å². The molecule has 2 aliphatic heterocycles. The minimum absolute atomic E-state index is 0.000383. The van der Waals surface area contributed by atoms with Gasteiger partial charge in [-0.2, -0.15) is 0 Å². The lowest BCUT2D eigenvalue weighted by atomic mass is 9.84. The van der Waals surface area contributed by atoms with Gasteiger partial charge in [0.1, 0.15) is 6.04 Å². The van der Waals surface area contributed by atoms with Crippen LogP contribution in [0.2, 0.25) is 5.02 Å². The van der Waals surface area contributed by atoms with Crippen LogP contribution in [0, 0.1) is 5.92 Å². The molecule has 5 nitrogen and oxygen atoms in total. The third-order valence-corrected chi connectivity index (χ3v) is 6.65. The Labute approximate surface area is 165 Å². The van der Waals surface area contributed by atoms with Gasteiger partial charge in [0.05, 0.1) is 0 Å². The van der Waals surface area contributed by atoms with Crippen molar-refractivity contribution in [1.82, 2.24) is 15.5 Å². The largest absolute Gasteiger partial charge is 0.353 e. The van der Waals surface area contributed by atoms with E-state index < -0.39 is 0 Å². The zero-order valence-corrected chi connectivity index (χ0v) is 16.4. The highest BCUT2D eigenvalue weighted by atomic mass is 35.5. The summed E-state index contributed by atoms with van der Waals surface area (Å²) in [7, 11) is 0. The Bertz CT molecular complexity index is 687. The minimum atomic E-state index is -0.359. The van der Waals surface area contributed by atoms with Crippen LogP contribution in [0.5, 0.6) is 0 Å². The minimum Gasteiger partial charge on any atom is -0.353 e. The van der Waals surface area contributed by atoms with Gasteiger partial charge in [-0.05, 0) is 68.8 Å². The van der Waals surface area contributed by atoms with E-state index in [0.29, 0.717) is 29.1 Å². The first-order valence-electron chi connectivity index (χ1n) is 10.2. The van der Waals surface area contributed by atoms with Crippen molar-refractivity contribution in [2.75, 3.05) is 13.1 Å². The van der Waals surface area contributed by atoms with Gasteiger partial charge >= 0.3 is 0 Å². The summed E-state index contributed by atoms with van der Waals surface area (Å²) in [5.41, 5.74) is 0.612. The number of carbonyl (C=O) groups is 2. The maximum Gasteiger partial charge on any atom is 0.254 e. The van der Waals surface area contributed by atoms with Gasteiger partial charge in [0.25, 0.3) is 5.91 Å². The Morgan fingerprint density at radius 1 is 1.11 bits per heavy atom. The Morgan fingerprint density at radius 2 is 1.89 bits per heavy atom. The van der Waals surface area contributed by atoms with E-state index in [-0.39, 0.29) is 23.9 Å². The van der Waals surface area contributed by atoms with E-state index in [0.717, 1.165) is 45.1 Å². The number of nitrogens with zero attached hydrogens (tertiary/aromatic N) is 1.